The maximum Gasteiger partial charge on any atom is 0.273 e. The average molecular weight is 347 g/mol. The number of aromatic nitrogens is 1. The van der Waals surface area contributed by atoms with E-state index in [0.717, 1.165) is 25.7 Å². The molecule has 1 aromatic rings. The van der Waals surface area contributed by atoms with Gasteiger partial charge in [0, 0.05) is 24.1 Å². The van der Waals surface area contributed by atoms with Crippen molar-refractivity contribution in [2.45, 2.75) is 71.9 Å². The summed E-state index contributed by atoms with van der Waals surface area (Å²) in [5.74, 6) is 1.12. The Morgan fingerprint density at radius 3 is 2.52 bits per heavy atom. The summed E-state index contributed by atoms with van der Waals surface area (Å²) in [6, 6.07) is 1.92. The minimum atomic E-state index is -0.437. The van der Waals surface area contributed by atoms with E-state index in [9.17, 15) is 9.59 Å². The zero-order valence-electron chi connectivity index (χ0n) is 15.5. The number of hydrogen-bond acceptors (Lipinski definition) is 4. The largest absolute Gasteiger partial charge is 0.359 e. The third kappa shape index (κ3) is 4.61. The SMILES string of the molecule is CC(C)(C)C(=O)N(Cc1cc(C(=O)NCC2CC2)no1)C1CCCC1. The zero-order chi connectivity index (χ0) is 18.0. The van der Waals surface area contributed by atoms with Crippen molar-refractivity contribution in [3.8, 4) is 0 Å². The maximum atomic E-state index is 12.9. The van der Waals surface area contributed by atoms with Gasteiger partial charge in [0.2, 0.25) is 5.91 Å². The summed E-state index contributed by atoms with van der Waals surface area (Å²) in [4.78, 5) is 26.9. The Balaban J connectivity index is 1.66. The van der Waals surface area contributed by atoms with Crippen molar-refractivity contribution in [2.24, 2.45) is 11.3 Å². The minimum Gasteiger partial charge on any atom is -0.359 e. The van der Waals surface area contributed by atoms with Crippen molar-refractivity contribution in [1.82, 2.24) is 15.4 Å². The van der Waals surface area contributed by atoms with Crippen molar-refractivity contribution < 1.29 is 14.1 Å². The molecule has 6 nitrogen and oxygen atoms in total. The molecule has 2 fully saturated rings. The first kappa shape index (κ1) is 18.0. The van der Waals surface area contributed by atoms with Crippen LogP contribution < -0.4 is 5.32 Å². The molecule has 0 spiro atoms. The van der Waals surface area contributed by atoms with Gasteiger partial charge >= 0.3 is 0 Å². The van der Waals surface area contributed by atoms with Gasteiger partial charge < -0.3 is 14.7 Å². The molecule has 25 heavy (non-hydrogen) atoms. The fourth-order valence-corrected chi connectivity index (χ4v) is 3.33. The molecule has 2 aliphatic rings. The monoisotopic (exact) mass is 347 g/mol. The lowest BCUT2D eigenvalue weighted by Gasteiger charge is -2.33. The van der Waals surface area contributed by atoms with Crippen molar-refractivity contribution in [3.05, 3.63) is 17.5 Å². The summed E-state index contributed by atoms with van der Waals surface area (Å²) in [5, 5.41) is 6.78. The predicted octanol–water partition coefficient (Wildman–Crippen LogP) is 3.13. The Morgan fingerprint density at radius 1 is 1.24 bits per heavy atom. The number of rotatable bonds is 6. The van der Waals surface area contributed by atoms with Crippen LogP contribution >= 0.6 is 0 Å². The van der Waals surface area contributed by atoms with E-state index in [4.69, 9.17) is 4.52 Å². The van der Waals surface area contributed by atoms with Crippen LogP contribution in [0, 0.1) is 11.3 Å². The topological polar surface area (TPSA) is 75.4 Å². The molecule has 1 aromatic heterocycles. The molecule has 3 rings (SSSR count). The van der Waals surface area contributed by atoms with Crippen LogP contribution in [0.1, 0.15) is 75.5 Å². The lowest BCUT2D eigenvalue weighted by atomic mass is 9.93. The van der Waals surface area contributed by atoms with Crippen LogP contribution in [-0.2, 0) is 11.3 Å². The van der Waals surface area contributed by atoms with Crippen LogP contribution in [0.4, 0.5) is 0 Å². The number of hydrogen-bond donors (Lipinski definition) is 1. The number of nitrogens with zero attached hydrogens (tertiary/aromatic N) is 2. The first-order valence-electron chi connectivity index (χ1n) is 9.39. The van der Waals surface area contributed by atoms with Gasteiger partial charge in [-0.2, -0.15) is 0 Å². The Kier molecular flexibility index (Phi) is 5.16. The third-order valence-electron chi connectivity index (χ3n) is 5.03. The van der Waals surface area contributed by atoms with Gasteiger partial charge in [-0.15, -0.1) is 0 Å². The summed E-state index contributed by atoms with van der Waals surface area (Å²) < 4.78 is 5.36. The highest BCUT2D eigenvalue weighted by Gasteiger charge is 2.34. The van der Waals surface area contributed by atoms with Gasteiger partial charge in [0.1, 0.15) is 0 Å². The highest BCUT2D eigenvalue weighted by Crippen LogP contribution is 2.30. The van der Waals surface area contributed by atoms with E-state index in [1.54, 1.807) is 6.07 Å². The average Bonchev–Trinajstić information content (AvgIpc) is 3.03. The van der Waals surface area contributed by atoms with E-state index >= 15 is 0 Å². The van der Waals surface area contributed by atoms with Gasteiger partial charge in [-0.1, -0.05) is 38.8 Å². The molecule has 1 heterocycles. The predicted molar refractivity (Wildman–Crippen MR) is 93.8 cm³/mol. The summed E-state index contributed by atoms with van der Waals surface area (Å²) in [6.07, 6.45) is 6.76. The van der Waals surface area contributed by atoms with Crippen molar-refractivity contribution in [2.75, 3.05) is 6.54 Å². The highest BCUT2D eigenvalue weighted by molar-refractivity contribution is 5.92. The smallest absolute Gasteiger partial charge is 0.273 e. The van der Waals surface area contributed by atoms with E-state index in [2.05, 4.69) is 10.5 Å². The van der Waals surface area contributed by atoms with Crippen molar-refractivity contribution in [1.29, 1.82) is 0 Å². The second-order valence-corrected chi connectivity index (χ2v) is 8.45. The van der Waals surface area contributed by atoms with E-state index in [0.29, 0.717) is 30.5 Å². The number of amides is 2. The molecule has 2 saturated carbocycles. The van der Waals surface area contributed by atoms with E-state index in [1.807, 2.05) is 25.7 Å². The van der Waals surface area contributed by atoms with Crippen LogP contribution in [0.3, 0.4) is 0 Å². The molecule has 2 amide bonds. The van der Waals surface area contributed by atoms with Gasteiger partial charge in [0.25, 0.3) is 5.91 Å². The number of carbonyl (C=O) groups is 2. The van der Waals surface area contributed by atoms with Gasteiger partial charge in [-0.3, -0.25) is 9.59 Å². The fourth-order valence-electron chi connectivity index (χ4n) is 3.33. The van der Waals surface area contributed by atoms with E-state index in [1.165, 1.54) is 12.8 Å². The molecule has 0 aromatic carbocycles. The van der Waals surface area contributed by atoms with Gasteiger partial charge in [0.05, 0.1) is 6.54 Å². The Hall–Kier alpha value is -1.85. The zero-order valence-corrected chi connectivity index (χ0v) is 15.5. The quantitative estimate of drug-likeness (QED) is 0.858. The maximum absolute atomic E-state index is 12.9. The normalized spacial score (nSPS) is 18.4. The van der Waals surface area contributed by atoms with Crippen molar-refractivity contribution in [3.63, 3.8) is 0 Å². The van der Waals surface area contributed by atoms with E-state index < -0.39 is 5.41 Å². The third-order valence-corrected chi connectivity index (χ3v) is 5.03. The molecule has 0 saturated heterocycles. The van der Waals surface area contributed by atoms with Crippen LogP contribution in [0.15, 0.2) is 10.6 Å². The Bertz CT molecular complexity index is 622. The first-order chi connectivity index (χ1) is 11.8. The lowest BCUT2D eigenvalue weighted by molar-refractivity contribution is -0.143. The molecule has 138 valence electrons. The standard InChI is InChI=1S/C19H29N3O3/c1-19(2,3)18(24)22(14-6-4-5-7-14)12-15-10-16(21-25-15)17(23)20-11-13-8-9-13/h10,13-14H,4-9,11-12H2,1-3H3,(H,20,23). The highest BCUT2D eigenvalue weighted by atomic mass is 16.5. The molecule has 0 bridgehead atoms. The Morgan fingerprint density at radius 2 is 1.92 bits per heavy atom. The van der Waals surface area contributed by atoms with E-state index in [-0.39, 0.29) is 17.9 Å². The van der Waals surface area contributed by atoms with Gasteiger partial charge in [-0.25, -0.2) is 0 Å². The molecule has 0 aliphatic heterocycles. The summed E-state index contributed by atoms with van der Waals surface area (Å²) in [5.41, 5.74) is -0.141. The Labute approximate surface area is 149 Å². The van der Waals surface area contributed by atoms with Gasteiger partial charge in [0.15, 0.2) is 11.5 Å². The van der Waals surface area contributed by atoms with Crippen molar-refractivity contribution >= 4 is 11.8 Å². The second-order valence-electron chi connectivity index (χ2n) is 8.45. The van der Waals surface area contributed by atoms with Gasteiger partial charge in [-0.05, 0) is 31.6 Å². The molecule has 6 heteroatoms. The number of nitrogens with one attached hydrogen (secondary N) is 1. The lowest BCUT2D eigenvalue weighted by Crippen LogP contribution is -2.44. The van der Waals surface area contributed by atoms with Crippen LogP contribution in [-0.4, -0.2) is 34.5 Å². The summed E-state index contributed by atoms with van der Waals surface area (Å²) in [6.45, 7) is 6.90. The molecule has 0 atom stereocenters. The second kappa shape index (κ2) is 7.18. The molecular formula is C19H29N3O3. The molecule has 1 N–H and O–H groups in total. The van der Waals surface area contributed by atoms with Crippen LogP contribution in [0.5, 0.6) is 0 Å². The molecule has 0 radical (unpaired) electrons. The number of carbonyl (C=O) groups excluding carboxylic acids is 2. The fraction of sp³-hybridized carbons (Fsp3) is 0.737. The molecule has 2 aliphatic carbocycles. The molecule has 0 unspecified atom stereocenters. The van der Waals surface area contributed by atoms with Crippen LogP contribution in [0.25, 0.3) is 0 Å². The molecular weight excluding hydrogens is 318 g/mol. The van der Waals surface area contributed by atoms with Crippen LogP contribution in [0.2, 0.25) is 0 Å². The summed E-state index contributed by atoms with van der Waals surface area (Å²) >= 11 is 0. The minimum absolute atomic E-state index is 0.121. The summed E-state index contributed by atoms with van der Waals surface area (Å²) in [7, 11) is 0. The first-order valence-corrected chi connectivity index (χ1v) is 9.39.